The first-order valence-corrected chi connectivity index (χ1v) is 4.98. The molecule has 2 heteroatoms. The van der Waals surface area contributed by atoms with Crippen molar-refractivity contribution in [2.45, 2.75) is 27.2 Å². The van der Waals surface area contributed by atoms with Gasteiger partial charge in [0, 0.05) is 5.02 Å². The number of hydrogen-bond donors (Lipinski definition) is 0. The SMILES string of the molecule is CC.CCc1cc(Cl)ccc1OC. The predicted molar refractivity (Wildman–Crippen MR) is 58.7 cm³/mol. The van der Waals surface area contributed by atoms with E-state index in [4.69, 9.17) is 16.3 Å². The molecule has 0 aliphatic rings. The van der Waals surface area contributed by atoms with Crippen LogP contribution >= 0.6 is 11.6 Å². The Bertz CT molecular complexity index is 246. The average molecular weight is 201 g/mol. The van der Waals surface area contributed by atoms with Gasteiger partial charge in [-0.05, 0) is 30.2 Å². The van der Waals surface area contributed by atoms with E-state index in [2.05, 4.69) is 6.92 Å². The van der Waals surface area contributed by atoms with Crippen molar-refractivity contribution in [3.8, 4) is 5.75 Å². The van der Waals surface area contributed by atoms with Crippen LogP contribution in [0.15, 0.2) is 18.2 Å². The molecule has 0 saturated carbocycles. The summed E-state index contributed by atoms with van der Waals surface area (Å²) in [6.45, 7) is 6.08. The Kier molecular flexibility index (Phi) is 6.43. The molecular weight excluding hydrogens is 184 g/mol. The zero-order valence-corrected chi connectivity index (χ0v) is 9.48. The number of ether oxygens (including phenoxy) is 1. The third-order valence-corrected chi connectivity index (χ3v) is 1.86. The lowest BCUT2D eigenvalue weighted by Crippen LogP contribution is -1.89. The standard InChI is InChI=1S/C9H11ClO.C2H6/c1-3-7-6-8(10)4-5-9(7)11-2;1-2/h4-6H,3H2,1-2H3;1-2H3. The molecule has 1 rings (SSSR count). The van der Waals surface area contributed by atoms with Crippen molar-refractivity contribution in [2.24, 2.45) is 0 Å². The molecule has 0 unspecified atom stereocenters. The van der Waals surface area contributed by atoms with Crippen LogP contribution in [0.1, 0.15) is 26.3 Å². The maximum Gasteiger partial charge on any atom is 0.122 e. The molecule has 13 heavy (non-hydrogen) atoms. The fourth-order valence-corrected chi connectivity index (χ4v) is 1.22. The smallest absolute Gasteiger partial charge is 0.122 e. The van der Waals surface area contributed by atoms with Crippen molar-refractivity contribution in [2.75, 3.05) is 7.11 Å². The minimum atomic E-state index is 0.766. The van der Waals surface area contributed by atoms with E-state index in [1.165, 1.54) is 0 Å². The van der Waals surface area contributed by atoms with Crippen LogP contribution in [0.25, 0.3) is 0 Å². The van der Waals surface area contributed by atoms with Crippen molar-refractivity contribution in [1.29, 1.82) is 0 Å². The number of hydrogen-bond acceptors (Lipinski definition) is 1. The Morgan fingerprint density at radius 2 is 1.92 bits per heavy atom. The van der Waals surface area contributed by atoms with Gasteiger partial charge >= 0.3 is 0 Å². The van der Waals surface area contributed by atoms with Gasteiger partial charge in [0.2, 0.25) is 0 Å². The molecule has 0 amide bonds. The molecule has 1 nitrogen and oxygen atoms in total. The minimum Gasteiger partial charge on any atom is -0.496 e. The van der Waals surface area contributed by atoms with E-state index in [-0.39, 0.29) is 0 Å². The lowest BCUT2D eigenvalue weighted by atomic mass is 10.1. The molecule has 0 atom stereocenters. The largest absolute Gasteiger partial charge is 0.496 e. The Morgan fingerprint density at radius 1 is 1.31 bits per heavy atom. The molecule has 0 fully saturated rings. The highest BCUT2D eigenvalue weighted by atomic mass is 35.5. The molecule has 1 aromatic carbocycles. The van der Waals surface area contributed by atoms with Gasteiger partial charge in [0.1, 0.15) is 5.75 Å². The van der Waals surface area contributed by atoms with E-state index in [9.17, 15) is 0 Å². The Balaban J connectivity index is 0.000000671. The van der Waals surface area contributed by atoms with Gasteiger partial charge in [0.15, 0.2) is 0 Å². The van der Waals surface area contributed by atoms with Gasteiger partial charge in [0.25, 0.3) is 0 Å². The van der Waals surface area contributed by atoms with Gasteiger partial charge in [-0.25, -0.2) is 0 Å². The van der Waals surface area contributed by atoms with Crippen LogP contribution in [0.5, 0.6) is 5.75 Å². The molecule has 0 saturated heterocycles. The number of aryl methyl sites for hydroxylation is 1. The summed E-state index contributed by atoms with van der Waals surface area (Å²) in [5.41, 5.74) is 1.15. The molecule has 0 heterocycles. The summed E-state index contributed by atoms with van der Waals surface area (Å²) >= 11 is 5.80. The second-order valence-electron chi connectivity index (χ2n) is 2.31. The fraction of sp³-hybridized carbons (Fsp3) is 0.455. The molecule has 0 aromatic heterocycles. The number of halogens is 1. The van der Waals surface area contributed by atoms with E-state index in [0.29, 0.717) is 0 Å². The van der Waals surface area contributed by atoms with Crippen LogP contribution in [0.2, 0.25) is 5.02 Å². The third kappa shape index (κ3) is 3.69. The molecule has 74 valence electrons. The van der Waals surface area contributed by atoms with Crippen molar-refractivity contribution in [3.63, 3.8) is 0 Å². The zero-order valence-electron chi connectivity index (χ0n) is 8.73. The van der Waals surface area contributed by atoms with E-state index in [1.54, 1.807) is 7.11 Å². The fourth-order valence-electron chi connectivity index (χ4n) is 1.02. The van der Waals surface area contributed by atoms with Gasteiger partial charge in [-0.15, -0.1) is 0 Å². The lowest BCUT2D eigenvalue weighted by molar-refractivity contribution is 0.410. The molecule has 0 bridgehead atoms. The normalized spacial score (nSPS) is 8.69. The van der Waals surface area contributed by atoms with Crippen LogP contribution in [-0.4, -0.2) is 7.11 Å². The summed E-state index contributed by atoms with van der Waals surface area (Å²) in [6.07, 6.45) is 0.948. The van der Waals surface area contributed by atoms with E-state index < -0.39 is 0 Å². The summed E-state index contributed by atoms with van der Waals surface area (Å²) in [7, 11) is 1.67. The summed E-state index contributed by atoms with van der Waals surface area (Å²) in [5, 5.41) is 0.766. The monoisotopic (exact) mass is 200 g/mol. The van der Waals surface area contributed by atoms with Crippen molar-refractivity contribution in [1.82, 2.24) is 0 Å². The maximum absolute atomic E-state index is 5.80. The first kappa shape index (κ1) is 12.3. The van der Waals surface area contributed by atoms with Crippen LogP contribution < -0.4 is 4.74 Å². The molecule has 0 N–H and O–H groups in total. The zero-order chi connectivity index (χ0) is 10.3. The first-order chi connectivity index (χ1) is 6.27. The van der Waals surface area contributed by atoms with Gasteiger partial charge in [-0.3, -0.25) is 0 Å². The average Bonchev–Trinajstić information content (AvgIpc) is 2.20. The van der Waals surface area contributed by atoms with Gasteiger partial charge in [0.05, 0.1) is 7.11 Å². The molecule has 0 radical (unpaired) electrons. The summed E-state index contributed by atoms with van der Waals surface area (Å²) < 4.78 is 5.13. The third-order valence-electron chi connectivity index (χ3n) is 1.62. The Morgan fingerprint density at radius 3 is 2.38 bits per heavy atom. The van der Waals surface area contributed by atoms with Gasteiger partial charge in [-0.1, -0.05) is 32.4 Å². The van der Waals surface area contributed by atoms with Crippen LogP contribution in [0.4, 0.5) is 0 Å². The minimum absolute atomic E-state index is 0.766. The van der Waals surface area contributed by atoms with E-state index in [1.807, 2.05) is 32.0 Å². The van der Waals surface area contributed by atoms with Crippen molar-refractivity contribution >= 4 is 11.6 Å². The lowest BCUT2D eigenvalue weighted by Gasteiger charge is -2.05. The highest BCUT2D eigenvalue weighted by Crippen LogP contribution is 2.22. The Hall–Kier alpha value is -0.690. The highest BCUT2D eigenvalue weighted by molar-refractivity contribution is 6.30. The second kappa shape index (κ2) is 6.79. The van der Waals surface area contributed by atoms with Crippen LogP contribution in [-0.2, 0) is 6.42 Å². The first-order valence-electron chi connectivity index (χ1n) is 4.60. The maximum atomic E-state index is 5.80. The number of benzene rings is 1. The van der Waals surface area contributed by atoms with Crippen molar-refractivity contribution in [3.05, 3.63) is 28.8 Å². The molecule has 1 aromatic rings. The molecule has 0 aliphatic heterocycles. The number of methoxy groups -OCH3 is 1. The van der Waals surface area contributed by atoms with Gasteiger partial charge in [-0.2, -0.15) is 0 Å². The second-order valence-corrected chi connectivity index (χ2v) is 2.75. The summed E-state index contributed by atoms with van der Waals surface area (Å²) in [5.74, 6) is 0.914. The highest BCUT2D eigenvalue weighted by Gasteiger charge is 1.99. The molecular formula is C11H17ClO. The number of rotatable bonds is 2. The quantitative estimate of drug-likeness (QED) is 0.703. The molecule has 0 spiro atoms. The Labute approximate surface area is 85.7 Å². The van der Waals surface area contributed by atoms with Crippen LogP contribution in [0.3, 0.4) is 0 Å². The molecule has 0 aliphatic carbocycles. The van der Waals surface area contributed by atoms with Crippen molar-refractivity contribution < 1.29 is 4.74 Å². The topological polar surface area (TPSA) is 9.23 Å². The van der Waals surface area contributed by atoms with Gasteiger partial charge < -0.3 is 4.74 Å². The summed E-state index contributed by atoms with van der Waals surface area (Å²) in [4.78, 5) is 0. The predicted octanol–water partition coefficient (Wildman–Crippen LogP) is 3.94. The van der Waals surface area contributed by atoms with Crippen LogP contribution in [0, 0.1) is 0 Å². The summed E-state index contributed by atoms with van der Waals surface area (Å²) in [6, 6.07) is 5.65. The van der Waals surface area contributed by atoms with E-state index >= 15 is 0 Å². The van der Waals surface area contributed by atoms with E-state index in [0.717, 1.165) is 22.8 Å².